The van der Waals surface area contributed by atoms with Crippen LogP contribution < -0.4 is 5.32 Å². The van der Waals surface area contributed by atoms with E-state index in [1.54, 1.807) is 19.4 Å². The molecule has 1 aromatic heterocycles. The molecule has 3 aliphatic rings. The van der Waals surface area contributed by atoms with E-state index in [1.807, 2.05) is 23.1 Å². The van der Waals surface area contributed by atoms with E-state index in [2.05, 4.69) is 10.3 Å². The molecule has 0 unspecified atom stereocenters. The molecule has 6 nitrogen and oxygen atoms in total. The SMILES string of the molecule is COC[C@H](C1CC1)N1Cc2cccc(NC(=O)c3ccnc4c3CCC4)c2C1=O. The van der Waals surface area contributed by atoms with Crippen molar-refractivity contribution in [3.63, 3.8) is 0 Å². The highest BCUT2D eigenvalue weighted by Crippen LogP contribution is 2.40. The Hall–Kier alpha value is -2.73. The molecule has 2 heterocycles. The summed E-state index contributed by atoms with van der Waals surface area (Å²) in [6.45, 7) is 1.13. The van der Waals surface area contributed by atoms with Gasteiger partial charge in [0.1, 0.15) is 0 Å². The monoisotopic (exact) mass is 391 g/mol. The largest absolute Gasteiger partial charge is 0.383 e. The molecule has 0 spiro atoms. The average molecular weight is 391 g/mol. The van der Waals surface area contributed by atoms with Crippen molar-refractivity contribution in [1.29, 1.82) is 0 Å². The molecular formula is C23H25N3O3. The molecule has 1 aromatic carbocycles. The van der Waals surface area contributed by atoms with E-state index in [1.165, 1.54) is 0 Å². The summed E-state index contributed by atoms with van der Waals surface area (Å²) in [6.07, 6.45) is 6.82. The van der Waals surface area contributed by atoms with Gasteiger partial charge in [-0.3, -0.25) is 14.6 Å². The molecule has 1 saturated carbocycles. The van der Waals surface area contributed by atoms with Crippen LogP contribution in [0.1, 0.15) is 56.8 Å². The molecule has 1 atom stereocenters. The highest BCUT2D eigenvalue weighted by atomic mass is 16.5. The van der Waals surface area contributed by atoms with Gasteiger partial charge in [-0.05, 0) is 61.3 Å². The lowest BCUT2D eigenvalue weighted by molar-refractivity contribution is 0.0507. The fourth-order valence-corrected chi connectivity index (χ4v) is 4.75. The summed E-state index contributed by atoms with van der Waals surface area (Å²) in [6, 6.07) is 7.58. The summed E-state index contributed by atoms with van der Waals surface area (Å²) in [7, 11) is 1.68. The van der Waals surface area contributed by atoms with Gasteiger partial charge in [0, 0.05) is 31.1 Å². The van der Waals surface area contributed by atoms with Crippen molar-refractivity contribution >= 4 is 17.5 Å². The first kappa shape index (κ1) is 18.3. The normalized spacial score (nSPS) is 18.5. The molecule has 0 bridgehead atoms. The van der Waals surface area contributed by atoms with Gasteiger partial charge in [-0.2, -0.15) is 0 Å². The molecule has 150 valence electrons. The Balaban J connectivity index is 1.42. The van der Waals surface area contributed by atoms with Gasteiger partial charge in [-0.25, -0.2) is 0 Å². The van der Waals surface area contributed by atoms with E-state index >= 15 is 0 Å². The molecule has 0 saturated heterocycles. The number of amides is 2. The lowest BCUT2D eigenvalue weighted by Gasteiger charge is -2.27. The van der Waals surface area contributed by atoms with E-state index < -0.39 is 0 Å². The van der Waals surface area contributed by atoms with Crippen LogP contribution >= 0.6 is 0 Å². The maximum Gasteiger partial charge on any atom is 0.256 e. The van der Waals surface area contributed by atoms with Gasteiger partial charge in [0.15, 0.2) is 0 Å². The van der Waals surface area contributed by atoms with Crippen LogP contribution in [0.25, 0.3) is 0 Å². The summed E-state index contributed by atoms with van der Waals surface area (Å²) in [4.78, 5) is 32.6. The van der Waals surface area contributed by atoms with Crippen LogP contribution in [0.2, 0.25) is 0 Å². The van der Waals surface area contributed by atoms with Crippen molar-refractivity contribution in [2.75, 3.05) is 19.0 Å². The first-order valence-electron chi connectivity index (χ1n) is 10.4. The highest BCUT2D eigenvalue weighted by molar-refractivity contribution is 6.11. The van der Waals surface area contributed by atoms with E-state index in [0.717, 1.165) is 48.9 Å². The van der Waals surface area contributed by atoms with Gasteiger partial charge in [0.25, 0.3) is 11.8 Å². The predicted octanol–water partition coefficient (Wildman–Crippen LogP) is 3.20. The highest BCUT2D eigenvalue weighted by Gasteiger charge is 2.42. The van der Waals surface area contributed by atoms with Crippen LogP contribution in [0.15, 0.2) is 30.5 Å². The van der Waals surface area contributed by atoms with Crippen molar-refractivity contribution in [2.45, 2.75) is 44.7 Å². The number of fused-ring (bicyclic) bond motifs is 2. The zero-order valence-electron chi connectivity index (χ0n) is 16.6. The molecule has 1 N–H and O–H groups in total. The summed E-state index contributed by atoms with van der Waals surface area (Å²) in [5, 5.41) is 3.01. The molecule has 2 aliphatic carbocycles. The summed E-state index contributed by atoms with van der Waals surface area (Å²) in [5.41, 5.74) is 4.91. The lowest BCUT2D eigenvalue weighted by Crippen LogP contribution is -2.40. The number of carbonyl (C=O) groups is 2. The van der Waals surface area contributed by atoms with Crippen molar-refractivity contribution < 1.29 is 14.3 Å². The number of aromatic nitrogens is 1. The number of rotatable bonds is 6. The van der Waals surface area contributed by atoms with Gasteiger partial charge >= 0.3 is 0 Å². The predicted molar refractivity (Wildman–Crippen MR) is 109 cm³/mol. The quantitative estimate of drug-likeness (QED) is 0.821. The number of ether oxygens (including phenoxy) is 1. The summed E-state index contributed by atoms with van der Waals surface area (Å²) in [5.74, 6) is 0.344. The first-order chi connectivity index (χ1) is 14.2. The lowest BCUT2D eigenvalue weighted by atomic mass is 10.1. The number of hydrogen-bond acceptors (Lipinski definition) is 4. The fraction of sp³-hybridized carbons (Fsp3) is 0.435. The zero-order valence-corrected chi connectivity index (χ0v) is 16.6. The average Bonchev–Trinajstić information content (AvgIpc) is 3.35. The molecule has 0 radical (unpaired) electrons. The minimum Gasteiger partial charge on any atom is -0.383 e. The van der Waals surface area contributed by atoms with Gasteiger partial charge in [0.2, 0.25) is 0 Å². The molecule has 29 heavy (non-hydrogen) atoms. The standard InChI is InChI=1S/C23H25N3O3/c1-29-13-20(14-8-9-14)26-12-15-4-2-7-19(21(15)23(26)28)25-22(27)17-10-11-24-18-6-3-5-16(17)18/h2,4,7,10-11,14,20H,3,5-6,8-9,12-13H2,1H3,(H,25,27)/t20-/m1/s1. The maximum atomic E-state index is 13.3. The minimum atomic E-state index is -0.166. The molecule has 6 heteroatoms. The van der Waals surface area contributed by atoms with Crippen LogP contribution in [0.3, 0.4) is 0 Å². The maximum absolute atomic E-state index is 13.3. The fourth-order valence-electron chi connectivity index (χ4n) is 4.75. The number of nitrogens with zero attached hydrogens (tertiary/aromatic N) is 2. The van der Waals surface area contributed by atoms with Gasteiger partial charge in [-0.15, -0.1) is 0 Å². The smallest absolute Gasteiger partial charge is 0.256 e. The Morgan fingerprint density at radius 2 is 2.17 bits per heavy atom. The number of carbonyl (C=O) groups excluding carboxylic acids is 2. The number of pyridine rings is 1. The number of nitrogens with one attached hydrogen (secondary N) is 1. The number of benzene rings is 1. The third kappa shape index (κ3) is 3.21. The van der Waals surface area contributed by atoms with Gasteiger partial charge in [0.05, 0.1) is 23.9 Å². The molecule has 1 fully saturated rings. The topological polar surface area (TPSA) is 71.5 Å². The van der Waals surface area contributed by atoms with E-state index in [0.29, 0.717) is 35.9 Å². The Kier molecular flexibility index (Phi) is 4.59. The van der Waals surface area contributed by atoms with Crippen molar-refractivity contribution in [3.8, 4) is 0 Å². The summed E-state index contributed by atoms with van der Waals surface area (Å²) >= 11 is 0. The van der Waals surface area contributed by atoms with Crippen molar-refractivity contribution in [2.24, 2.45) is 5.92 Å². The Labute approximate surface area is 170 Å². The number of aryl methyl sites for hydroxylation is 1. The van der Waals surface area contributed by atoms with Crippen molar-refractivity contribution in [3.05, 3.63) is 58.4 Å². The Bertz CT molecular complexity index is 983. The minimum absolute atomic E-state index is 0.00944. The van der Waals surface area contributed by atoms with Crippen LogP contribution in [-0.2, 0) is 24.1 Å². The number of hydrogen-bond donors (Lipinski definition) is 1. The zero-order chi connectivity index (χ0) is 20.0. The van der Waals surface area contributed by atoms with E-state index in [-0.39, 0.29) is 17.9 Å². The van der Waals surface area contributed by atoms with E-state index in [9.17, 15) is 9.59 Å². The molecule has 2 amide bonds. The van der Waals surface area contributed by atoms with E-state index in [4.69, 9.17) is 4.74 Å². The number of methoxy groups -OCH3 is 1. The van der Waals surface area contributed by atoms with Crippen molar-refractivity contribution in [1.82, 2.24) is 9.88 Å². The first-order valence-corrected chi connectivity index (χ1v) is 10.4. The van der Waals surface area contributed by atoms with Gasteiger partial charge in [-0.1, -0.05) is 12.1 Å². The number of anilines is 1. The van der Waals surface area contributed by atoms with Crippen LogP contribution in [0, 0.1) is 5.92 Å². The molecule has 5 rings (SSSR count). The van der Waals surface area contributed by atoms with Crippen LogP contribution in [0.5, 0.6) is 0 Å². The second kappa shape index (κ2) is 7.26. The second-order valence-electron chi connectivity index (χ2n) is 8.22. The molecule has 2 aromatic rings. The summed E-state index contributed by atoms with van der Waals surface area (Å²) < 4.78 is 5.39. The Morgan fingerprint density at radius 1 is 1.31 bits per heavy atom. The van der Waals surface area contributed by atoms with Gasteiger partial charge < -0.3 is 15.0 Å². The van der Waals surface area contributed by atoms with Crippen LogP contribution in [-0.4, -0.2) is 41.5 Å². The Morgan fingerprint density at radius 3 is 2.97 bits per heavy atom. The second-order valence-corrected chi connectivity index (χ2v) is 8.22. The molecular weight excluding hydrogens is 366 g/mol. The van der Waals surface area contributed by atoms with Crippen LogP contribution in [0.4, 0.5) is 5.69 Å². The molecule has 1 aliphatic heterocycles. The third-order valence-electron chi connectivity index (χ3n) is 6.35. The third-order valence-corrected chi connectivity index (χ3v) is 6.35.